The van der Waals surface area contributed by atoms with Crippen molar-refractivity contribution in [3.8, 4) is 0 Å². The molecular formula is C18H35NO4. The van der Waals surface area contributed by atoms with Gasteiger partial charge in [0, 0.05) is 0 Å². The fourth-order valence-electron chi connectivity index (χ4n) is 2.12. The summed E-state index contributed by atoms with van der Waals surface area (Å²) in [6.45, 7) is 8.85. The first kappa shape index (κ1) is 21.7. The molecule has 0 aromatic carbocycles. The van der Waals surface area contributed by atoms with Gasteiger partial charge < -0.3 is 14.8 Å². The smallest absolute Gasteiger partial charge is 0.407 e. The van der Waals surface area contributed by atoms with E-state index in [4.69, 9.17) is 9.47 Å². The van der Waals surface area contributed by atoms with Crippen LogP contribution in [0, 0.1) is 5.92 Å². The Labute approximate surface area is 141 Å². The number of carbonyl (C=O) groups excluding carboxylic acids is 2. The van der Waals surface area contributed by atoms with Crippen molar-refractivity contribution in [2.24, 2.45) is 5.92 Å². The summed E-state index contributed by atoms with van der Waals surface area (Å²) in [7, 11) is 0. The maximum absolute atomic E-state index is 12.0. The lowest BCUT2D eigenvalue weighted by atomic mass is 10.1. The minimum absolute atomic E-state index is 0.269. The summed E-state index contributed by atoms with van der Waals surface area (Å²) in [5, 5.41) is 2.61. The molecule has 0 saturated heterocycles. The molecule has 0 bridgehead atoms. The fourth-order valence-corrected chi connectivity index (χ4v) is 2.12. The minimum Gasteiger partial charge on any atom is -0.464 e. The van der Waals surface area contributed by atoms with Gasteiger partial charge in [-0.15, -0.1) is 0 Å². The van der Waals surface area contributed by atoms with Crippen LogP contribution in [0.4, 0.5) is 4.79 Å². The summed E-state index contributed by atoms with van der Waals surface area (Å²) in [6, 6.07) is -0.611. The molecule has 0 aliphatic rings. The number of hydrogen-bond donors (Lipinski definition) is 1. The number of esters is 1. The predicted octanol–water partition coefficient (Wildman–Crippen LogP) is 4.44. The van der Waals surface area contributed by atoms with Crippen molar-refractivity contribution in [3.05, 3.63) is 0 Å². The van der Waals surface area contributed by atoms with E-state index in [9.17, 15) is 9.59 Å². The monoisotopic (exact) mass is 329 g/mol. The van der Waals surface area contributed by atoms with Gasteiger partial charge in [0.2, 0.25) is 0 Å². The van der Waals surface area contributed by atoms with Crippen LogP contribution in [-0.4, -0.2) is 31.3 Å². The number of rotatable bonds is 13. The van der Waals surface area contributed by atoms with Crippen molar-refractivity contribution >= 4 is 12.1 Å². The van der Waals surface area contributed by atoms with Crippen LogP contribution in [0.5, 0.6) is 0 Å². The summed E-state index contributed by atoms with van der Waals surface area (Å²) in [4.78, 5) is 23.7. The van der Waals surface area contributed by atoms with Crippen LogP contribution in [0.3, 0.4) is 0 Å². The fraction of sp³-hybridized carbons (Fsp3) is 0.889. The van der Waals surface area contributed by atoms with Gasteiger partial charge in [-0.05, 0) is 18.8 Å². The van der Waals surface area contributed by atoms with Crippen molar-refractivity contribution < 1.29 is 19.1 Å². The highest BCUT2D eigenvalue weighted by Gasteiger charge is 2.22. The van der Waals surface area contributed by atoms with Crippen LogP contribution in [0.15, 0.2) is 0 Å². The molecule has 136 valence electrons. The SMILES string of the molecule is CCCCCCCCOC(=O)C(CCC)NC(=O)OCC(C)C. The van der Waals surface area contributed by atoms with E-state index < -0.39 is 12.1 Å². The lowest BCUT2D eigenvalue weighted by Crippen LogP contribution is -2.42. The second-order valence-electron chi connectivity index (χ2n) is 6.41. The van der Waals surface area contributed by atoms with Crippen molar-refractivity contribution in [2.45, 2.75) is 85.1 Å². The van der Waals surface area contributed by atoms with Gasteiger partial charge in [-0.25, -0.2) is 9.59 Å². The standard InChI is InChI=1S/C18H35NO4/c1-5-7-8-9-10-11-13-22-17(20)16(12-6-2)19-18(21)23-14-15(3)4/h15-16H,5-14H2,1-4H3,(H,19,21). The van der Waals surface area contributed by atoms with E-state index in [0.29, 0.717) is 19.6 Å². The Morgan fingerprint density at radius 3 is 2.17 bits per heavy atom. The molecule has 23 heavy (non-hydrogen) atoms. The van der Waals surface area contributed by atoms with Gasteiger partial charge in [-0.2, -0.15) is 0 Å². The van der Waals surface area contributed by atoms with Crippen LogP contribution in [0.25, 0.3) is 0 Å². The first-order valence-corrected chi connectivity index (χ1v) is 9.11. The summed E-state index contributed by atoms with van der Waals surface area (Å²) >= 11 is 0. The summed E-state index contributed by atoms with van der Waals surface area (Å²) in [6.07, 6.45) is 7.69. The largest absolute Gasteiger partial charge is 0.464 e. The minimum atomic E-state index is -0.611. The molecule has 1 unspecified atom stereocenters. The molecule has 0 aliphatic heterocycles. The van der Waals surface area contributed by atoms with E-state index >= 15 is 0 Å². The zero-order chi connectivity index (χ0) is 17.5. The van der Waals surface area contributed by atoms with E-state index in [-0.39, 0.29) is 11.9 Å². The van der Waals surface area contributed by atoms with Gasteiger partial charge in [0.1, 0.15) is 6.04 Å². The lowest BCUT2D eigenvalue weighted by molar-refractivity contribution is -0.146. The molecule has 1 amide bonds. The number of unbranched alkanes of at least 4 members (excludes halogenated alkanes) is 5. The molecule has 1 atom stereocenters. The maximum Gasteiger partial charge on any atom is 0.407 e. The molecule has 1 N–H and O–H groups in total. The molecule has 0 rings (SSSR count). The summed E-state index contributed by atoms with van der Waals surface area (Å²) in [5.41, 5.74) is 0. The molecular weight excluding hydrogens is 294 g/mol. The molecule has 0 heterocycles. The number of hydrogen-bond acceptors (Lipinski definition) is 4. The maximum atomic E-state index is 12.0. The quantitative estimate of drug-likeness (QED) is 0.401. The highest BCUT2D eigenvalue weighted by atomic mass is 16.6. The van der Waals surface area contributed by atoms with Crippen LogP contribution in [-0.2, 0) is 14.3 Å². The number of alkyl carbamates (subject to hydrolysis) is 1. The molecule has 5 heteroatoms. The normalized spacial score (nSPS) is 12.0. The number of nitrogens with one attached hydrogen (secondary N) is 1. The van der Waals surface area contributed by atoms with Gasteiger partial charge in [0.05, 0.1) is 13.2 Å². The van der Waals surface area contributed by atoms with Crippen molar-refractivity contribution in [2.75, 3.05) is 13.2 Å². The van der Waals surface area contributed by atoms with Crippen molar-refractivity contribution in [1.29, 1.82) is 0 Å². The van der Waals surface area contributed by atoms with E-state index in [2.05, 4.69) is 12.2 Å². The van der Waals surface area contributed by atoms with Crippen molar-refractivity contribution in [1.82, 2.24) is 5.32 Å². The first-order chi connectivity index (χ1) is 11.0. The van der Waals surface area contributed by atoms with Gasteiger partial charge >= 0.3 is 12.1 Å². The van der Waals surface area contributed by atoms with Crippen LogP contribution in [0.2, 0.25) is 0 Å². The third-order valence-electron chi connectivity index (χ3n) is 3.44. The zero-order valence-corrected chi connectivity index (χ0v) is 15.4. The van der Waals surface area contributed by atoms with Crippen LogP contribution >= 0.6 is 0 Å². The zero-order valence-electron chi connectivity index (χ0n) is 15.4. The average molecular weight is 329 g/mol. The first-order valence-electron chi connectivity index (χ1n) is 9.11. The Hall–Kier alpha value is -1.26. The molecule has 0 radical (unpaired) electrons. The third kappa shape index (κ3) is 12.9. The van der Waals surface area contributed by atoms with Crippen molar-refractivity contribution in [3.63, 3.8) is 0 Å². The molecule has 5 nitrogen and oxygen atoms in total. The summed E-state index contributed by atoms with van der Waals surface area (Å²) in [5.74, 6) is -0.0908. The van der Waals surface area contributed by atoms with Crippen LogP contribution in [0.1, 0.15) is 79.1 Å². The average Bonchev–Trinajstić information content (AvgIpc) is 2.51. The van der Waals surface area contributed by atoms with Gasteiger partial charge in [0.15, 0.2) is 0 Å². The number of ether oxygens (including phenoxy) is 2. The Morgan fingerprint density at radius 2 is 1.57 bits per heavy atom. The molecule has 0 aromatic heterocycles. The highest BCUT2D eigenvalue weighted by Crippen LogP contribution is 2.06. The Morgan fingerprint density at radius 1 is 0.913 bits per heavy atom. The molecule has 0 saturated carbocycles. The van der Waals surface area contributed by atoms with E-state index in [1.54, 1.807) is 0 Å². The topological polar surface area (TPSA) is 64.6 Å². The van der Waals surface area contributed by atoms with Gasteiger partial charge in [0.25, 0.3) is 0 Å². The Balaban J connectivity index is 3.97. The second-order valence-corrected chi connectivity index (χ2v) is 6.41. The van der Waals surface area contributed by atoms with E-state index in [1.807, 2.05) is 20.8 Å². The predicted molar refractivity (Wildman–Crippen MR) is 92.4 cm³/mol. The Kier molecular flexibility index (Phi) is 13.6. The lowest BCUT2D eigenvalue weighted by Gasteiger charge is -2.17. The van der Waals surface area contributed by atoms with Crippen LogP contribution < -0.4 is 5.32 Å². The van der Waals surface area contributed by atoms with E-state index in [0.717, 1.165) is 19.3 Å². The number of carbonyl (C=O) groups is 2. The molecule has 0 fully saturated rings. The number of amides is 1. The molecule has 0 aromatic rings. The van der Waals surface area contributed by atoms with Gasteiger partial charge in [-0.3, -0.25) is 0 Å². The highest BCUT2D eigenvalue weighted by molar-refractivity contribution is 5.81. The van der Waals surface area contributed by atoms with E-state index in [1.165, 1.54) is 25.7 Å². The second kappa shape index (κ2) is 14.3. The molecule has 0 spiro atoms. The Bertz CT molecular complexity index is 318. The van der Waals surface area contributed by atoms with Gasteiger partial charge in [-0.1, -0.05) is 66.2 Å². The summed E-state index contributed by atoms with van der Waals surface area (Å²) < 4.78 is 10.3. The molecule has 0 aliphatic carbocycles. The third-order valence-corrected chi connectivity index (χ3v) is 3.44.